The fourth-order valence-corrected chi connectivity index (χ4v) is 2.75. The van der Waals surface area contributed by atoms with E-state index in [1.54, 1.807) is 30.3 Å². The highest BCUT2D eigenvalue weighted by Gasteiger charge is 2.20. The van der Waals surface area contributed by atoms with Gasteiger partial charge in [0.05, 0.1) is 5.56 Å². The van der Waals surface area contributed by atoms with Crippen molar-refractivity contribution in [1.29, 1.82) is 0 Å². The van der Waals surface area contributed by atoms with Gasteiger partial charge in [0.2, 0.25) is 5.82 Å². The molecule has 0 amide bonds. The summed E-state index contributed by atoms with van der Waals surface area (Å²) in [7, 11) is 0. The van der Waals surface area contributed by atoms with Crippen molar-refractivity contribution in [2.45, 2.75) is 0 Å². The van der Waals surface area contributed by atoms with Gasteiger partial charge in [0.15, 0.2) is 5.75 Å². The van der Waals surface area contributed by atoms with Crippen molar-refractivity contribution in [2.75, 3.05) is 5.32 Å². The summed E-state index contributed by atoms with van der Waals surface area (Å²) in [6, 6.07) is 11.3. The minimum absolute atomic E-state index is 0.108. The number of anilines is 2. The van der Waals surface area contributed by atoms with Crippen LogP contribution in [-0.4, -0.2) is 36.8 Å². The Morgan fingerprint density at radius 3 is 2.46 bits per heavy atom. The number of nitrogens with zero attached hydrogens (tertiary/aromatic N) is 3. The van der Waals surface area contributed by atoms with E-state index in [1.807, 2.05) is 0 Å². The Bertz CT molecular complexity index is 1270. The Balaban J connectivity index is 1.83. The van der Waals surface area contributed by atoms with E-state index in [4.69, 9.17) is 0 Å². The molecule has 28 heavy (non-hydrogen) atoms. The fraction of sp³-hybridized carbons (Fsp3) is 0. The van der Waals surface area contributed by atoms with Gasteiger partial charge in [-0.1, -0.05) is 12.1 Å². The van der Waals surface area contributed by atoms with Crippen LogP contribution in [0.25, 0.3) is 22.5 Å². The molecule has 0 unspecified atom stereocenters. The number of nitrogens with one attached hydrogen (secondary N) is 2. The van der Waals surface area contributed by atoms with Gasteiger partial charge in [-0.25, -0.2) is 4.79 Å². The Labute approximate surface area is 155 Å². The molecule has 1 heterocycles. The third kappa shape index (κ3) is 2.88. The first-order chi connectivity index (χ1) is 13.4. The van der Waals surface area contributed by atoms with Gasteiger partial charge in [-0.05, 0) is 46.7 Å². The lowest BCUT2D eigenvalue weighted by Crippen LogP contribution is -2.32. The lowest BCUT2D eigenvalue weighted by Gasteiger charge is -2.12. The molecule has 4 rings (SSSR count). The first-order valence-corrected chi connectivity index (χ1v) is 7.96. The number of aromatic nitrogens is 4. The van der Waals surface area contributed by atoms with Gasteiger partial charge in [-0.2, -0.15) is 5.21 Å². The zero-order valence-corrected chi connectivity index (χ0v) is 14.0. The topological polar surface area (TPSA) is 158 Å². The molecule has 0 atom stereocenters. The normalized spacial score (nSPS) is 10.9. The summed E-state index contributed by atoms with van der Waals surface area (Å²) in [5, 5.41) is 35.2. The number of carboxylic acids is 1. The third-order valence-electron chi connectivity index (χ3n) is 4.13. The SMILES string of the molecule is O=C(O)c1cccc(-c2cc(Nc3c(O)c(=O)c3=O)cc(-c3nn[nH]n3)c2)c1. The highest BCUT2D eigenvalue weighted by atomic mass is 16.4. The van der Waals surface area contributed by atoms with Gasteiger partial charge >= 0.3 is 5.97 Å². The summed E-state index contributed by atoms with van der Waals surface area (Å²) >= 11 is 0. The molecule has 0 spiro atoms. The first kappa shape index (κ1) is 17.1. The largest absolute Gasteiger partial charge is 0.502 e. The van der Waals surface area contributed by atoms with Crippen LogP contribution in [0.3, 0.4) is 0 Å². The number of aromatic carboxylic acids is 1. The van der Waals surface area contributed by atoms with E-state index in [0.29, 0.717) is 22.4 Å². The lowest BCUT2D eigenvalue weighted by atomic mass is 9.99. The second-order valence-corrected chi connectivity index (χ2v) is 5.93. The van der Waals surface area contributed by atoms with Crippen LogP contribution in [0.4, 0.5) is 11.4 Å². The van der Waals surface area contributed by atoms with Crippen molar-refractivity contribution in [3.8, 4) is 28.3 Å². The smallest absolute Gasteiger partial charge is 0.335 e. The van der Waals surface area contributed by atoms with E-state index in [0.717, 1.165) is 0 Å². The van der Waals surface area contributed by atoms with E-state index in [1.165, 1.54) is 12.1 Å². The quantitative estimate of drug-likeness (QED) is 0.376. The fourth-order valence-electron chi connectivity index (χ4n) is 2.75. The molecule has 0 aliphatic heterocycles. The molecule has 0 aliphatic carbocycles. The van der Waals surface area contributed by atoms with Crippen molar-refractivity contribution >= 4 is 17.3 Å². The van der Waals surface area contributed by atoms with Gasteiger partial charge in [0, 0.05) is 11.3 Å². The summed E-state index contributed by atoms with van der Waals surface area (Å²) in [5.41, 5.74) is 0.224. The third-order valence-corrected chi connectivity index (χ3v) is 4.13. The molecule has 0 fully saturated rings. The van der Waals surface area contributed by atoms with Crippen LogP contribution in [0.2, 0.25) is 0 Å². The number of carboxylic acid groups (broad SMARTS) is 1. The number of rotatable bonds is 5. The van der Waals surface area contributed by atoms with Crippen molar-refractivity contribution < 1.29 is 15.0 Å². The molecule has 10 heteroatoms. The van der Waals surface area contributed by atoms with Crippen LogP contribution in [0.1, 0.15) is 10.4 Å². The van der Waals surface area contributed by atoms with Crippen LogP contribution in [0, 0.1) is 0 Å². The molecular formula is C18H11N5O5. The molecule has 4 N–H and O–H groups in total. The molecule has 4 aromatic rings. The van der Waals surface area contributed by atoms with Gasteiger partial charge in [0.25, 0.3) is 10.9 Å². The Morgan fingerprint density at radius 1 is 1.00 bits per heavy atom. The number of hydrogen-bond donors (Lipinski definition) is 4. The minimum Gasteiger partial charge on any atom is -0.502 e. The molecule has 3 aromatic carbocycles. The monoisotopic (exact) mass is 377 g/mol. The molecule has 0 saturated carbocycles. The average Bonchev–Trinajstić information content (AvgIpc) is 3.26. The average molecular weight is 377 g/mol. The van der Waals surface area contributed by atoms with Gasteiger partial charge in [-0.15, -0.1) is 10.2 Å². The summed E-state index contributed by atoms with van der Waals surface area (Å²) < 4.78 is 0. The summed E-state index contributed by atoms with van der Waals surface area (Å²) in [4.78, 5) is 34.1. The predicted molar refractivity (Wildman–Crippen MR) is 98.3 cm³/mol. The second-order valence-electron chi connectivity index (χ2n) is 5.93. The number of aromatic hydroxyl groups is 1. The van der Waals surface area contributed by atoms with E-state index < -0.39 is 22.6 Å². The summed E-state index contributed by atoms with van der Waals surface area (Å²) in [6.07, 6.45) is 0. The molecule has 0 bridgehead atoms. The zero-order valence-electron chi connectivity index (χ0n) is 14.0. The molecule has 0 radical (unpaired) electrons. The van der Waals surface area contributed by atoms with E-state index in [-0.39, 0.29) is 17.1 Å². The van der Waals surface area contributed by atoms with Gasteiger partial charge < -0.3 is 15.5 Å². The molecule has 10 nitrogen and oxygen atoms in total. The predicted octanol–water partition coefficient (Wildman–Crippen LogP) is 1.28. The number of aromatic amines is 1. The Morgan fingerprint density at radius 2 is 1.79 bits per heavy atom. The number of carbonyl (C=O) groups is 1. The number of H-pyrrole nitrogens is 1. The Kier molecular flexibility index (Phi) is 3.93. The molecular weight excluding hydrogens is 366 g/mol. The lowest BCUT2D eigenvalue weighted by molar-refractivity contribution is 0.0697. The van der Waals surface area contributed by atoms with Crippen LogP contribution < -0.4 is 16.2 Å². The molecule has 1 aromatic heterocycles. The number of benzene rings is 2. The van der Waals surface area contributed by atoms with Gasteiger partial charge in [-0.3, -0.25) is 9.59 Å². The minimum atomic E-state index is -1.07. The Hall–Kier alpha value is -4.34. The standard InChI is InChI=1S/C18H11N5O5/c24-14-13(15(25)16(14)26)19-12-6-10(5-11(7-12)17-20-22-23-21-17)8-2-1-3-9(4-8)18(27)28/h1-7,19,24H,(H,27,28)(H,20,21,22,23). The highest BCUT2D eigenvalue weighted by Crippen LogP contribution is 2.31. The van der Waals surface area contributed by atoms with Crippen molar-refractivity contribution in [2.24, 2.45) is 0 Å². The van der Waals surface area contributed by atoms with Crippen molar-refractivity contribution in [3.05, 3.63) is 68.5 Å². The van der Waals surface area contributed by atoms with Crippen LogP contribution in [0.15, 0.2) is 52.1 Å². The van der Waals surface area contributed by atoms with Crippen molar-refractivity contribution in [1.82, 2.24) is 20.6 Å². The van der Waals surface area contributed by atoms with Crippen LogP contribution >= 0.6 is 0 Å². The summed E-state index contributed by atoms with van der Waals surface area (Å²) in [5.74, 6) is -1.43. The molecule has 0 aliphatic rings. The first-order valence-electron chi connectivity index (χ1n) is 7.96. The second kappa shape index (κ2) is 6.43. The molecule has 0 saturated heterocycles. The molecule has 138 valence electrons. The van der Waals surface area contributed by atoms with Crippen molar-refractivity contribution in [3.63, 3.8) is 0 Å². The summed E-state index contributed by atoms with van der Waals surface area (Å²) in [6.45, 7) is 0. The van der Waals surface area contributed by atoms with Crippen LogP contribution in [-0.2, 0) is 0 Å². The van der Waals surface area contributed by atoms with E-state index >= 15 is 0 Å². The maximum Gasteiger partial charge on any atom is 0.335 e. The maximum atomic E-state index is 11.6. The van der Waals surface area contributed by atoms with Gasteiger partial charge in [0.1, 0.15) is 5.69 Å². The highest BCUT2D eigenvalue weighted by molar-refractivity contribution is 5.90. The maximum absolute atomic E-state index is 11.6. The van der Waals surface area contributed by atoms with Crippen LogP contribution in [0.5, 0.6) is 5.75 Å². The van der Waals surface area contributed by atoms with E-state index in [9.17, 15) is 24.6 Å². The number of hydrogen-bond acceptors (Lipinski definition) is 8. The number of tetrazole rings is 1. The zero-order chi connectivity index (χ0) is 19.8. The van der Waals surface area contributed by atoms with E-state index in [2.05, 4.69) is 25.9 Å².